The first kappa shape index (κ1) is 15.1. The Morgan fingerprint density at radius 1 is 1.35 bits per heavy atom. The van der Waals surface area contributed by atoms with E-state index in [0.29, 0.717) is 37.0 Å². The maximum absolute atomic E-state index is 12.0. The van der Waals surface area contributed by atoms with Crippen LogP contribution < -0.4 is 0 Å². The summed E-state index contributed by atoms with van der Waals surface area (Å²) in [7, 11) is 0. The van der Waals surface area contributed by atoms with E-state index in [2.05, 4.69) is 10.3 Å². The molecule has 23 heavy (non-hydrogen) atoms. The Kier molecular flexibility index (Phi) is 4.05. The number of ether oxygens (including phenoxy) is 1. The molecule has 0 bridgehead atoms. The summed E-state index contributed by atoms with van der Waals surface area (Å²) >= 11 is 0. The lowest BCUT2D eigenvalue weighted by Gasteiger charge is -2.13. The molecule has 3 rings (SSSR count). The summed E-state index contributed by atoms with van der Waals surface area (Å²) in [5.41, 5.74) is 1.70. The van der Waals surface area contributed by atoms with Gasteiger partial charge in [-0.15, -0.1) is 5.10 Å². The minimum atomic E-state index is -0.627. The highest BCUT2D eigenvalue weighted by molar-refractivity contribution is 5.99. The maximum atomic E-state index is 12.0. The topological polar surface area (TPSA) is 94.4 Å². The number of hydrogen-bond donors (Lipinski definition) is 0. The van der Waals surface area contributed by atoms with E-state index in [4.69, 9.17) is 4.74 Å². The molecule has 0 spiro atoms. The first-order chi connectivity index (χ1) is 11.1. The van der Waals surface area contributed by atoms with Gasteiger partial charge in [-0.05, 0) is 31.5 Å². The fourth-order valence-electron chi connectivity index (χ4n) is 2.53. The lowest BCUT2D eigenvalue weighted by Crippen LogP contribution is -2.35. The number of rotatable bonds is 4. The molecule has 0 unspecified atom stereocenters. The second-order valence-corrected chi connectivity index (χ2v) is 5.23. The average Bonchev–Trinajstić information content (AvgIpc) is 3.17. The highest BCUT2D eigenvalue weighted by Crippen LogP contribution is 2.15. The number of amides is 2. The molecule has 1 aliphatic heterocycles. The van der Waals surface area contributed by atoms with Gasteiger partial charge in [0.1, 0.15) is 5.52 Å². The number of carbonyl (C=O) groups excluding carboxylic acids is 3. The molecule has 8 nitrogen and oxygen atoms in total. The first-order valence-electron chi connectivity index (χ1n) is 7.43. The molecule has 2 aromatic rings. The number of benzene rings is 1. The second kappa shape index (κ2) is 6.15. The van der Waals surface area contributed by atoms with E-state index in [0.717, 1.165) is 10.4 Å². The van der Waals surface area contributed by atoms with Crippen molar-refractivity contribution in [3.8, 4) is 0 Å². The number of nitrogens with zero attached hydrogens (tertiary/aromatic N) is 4. The van der Waals surface area contributed by atoms with Crippen molar-refractivity contribution in [1.82, 2.24) is 19.9 Å². The van der Waals surface area contributed by atoms with Crippen LogP contribution in [0.5, 0.6) is 0 Å². The Bertz CT molecular complexity index is 783. The Balaban J connectivity index is 1.66. The van der Waals surface area contributed by atoms with Gasteiger partial charge in [0.25, 0.3) is 5.91 Å². The molecule has 1 saturated heterocycles. The van der Waals surface area contributed by atoms with Crippen LogP contribution in [0.4, 0.5) is 0 Å². The van der Waals surface area contributed by atoms with Crippen LogP contribution in [-0.2, 0) is 20.9 Å². The van der Waals surface area contributed by atoms with Gasteiger partial charge < -0.3 is 4.74 Å². The normalized spacial score (nSPS) is 14.5. The van der Waals surface area contributed by atoms with Gasteiger partial charge in [0.05, 0.1) is 11.1 Å². The van der Waals surface area contributed by atoms with Crippen molar-refractivity contribution in [3.05, 3.63) is 23.8 Å². The summed E-state index contributed by atoms with van der Waals surface area (Å²) in [5.74, 6) is -1.33. The standard InChI is InChI=1S/C15H16N4O4/c1-2-19-12-6-5-10(8-11(12)16-17-19)15(22)23-9-14(21)18-7-3-4-13(18)20/h5-6,8H,2-4,7,9H2,1H3. The van der Waals surface area contributed by atoms with E-state index in [1.54, 1.807) is 22.9 Å². The van der Waals surface area contributed by atoms with Gasteiger partial charge in [-0.2, -0.15) is 0 Å². The van der Waals surface area contributed by atoms with Crippen molar-refractivity contribution in [3.63, 3.8) is 0 Å². The van der Waals surface area contributed by atoms with Crippen molar-refractivity contribution in [2.75, 3.05) is 13.2 Å². The zero-order valence-electron chi connectivity index (χ0n) is 12.7. The summed E-state index contributed by atoms with van der Waals surface area (Å²) in [5, 5.41) is 7.95. The van der Waals surface area contributed by atoms with Crippen LogP contribution in [0.15, 0.2) is 18.2 Å². The fraction of sp³-hybridized carbons (Fsp3) is 0.400. The van der Waals surface area contributed by atoms with Gasteiger partial charge in [-0.3, -0.25) is 14.5 Å². The molecule has 120 valence electrons. The van der Waals surface area contributed by atoms with Gasteiger partial charge in [0.2, 0.25) is 5.91 Å². The van der Waals surface area contributed by atoms with Crippen molar-refractivity contribution in [2.45, 2.75) is 26.3 Å². The molecular weight excluding hydrogens is 300 g/mol. The number of carbonyl (C=O) groups is 3. The molecule has 2 amide bonds. The Morgan fingerprint density at radius 3 is 2.87 bits per heavy atom. The number of aromatic nitrogens is 3. The number of esters is 1. The Morgan fingerprint density at radius 2 is 2.17 bits per heavy atom. The SMILES string of the molecule is CCn1nnc2cc(C(=O)OCC(=O)N3CCCC3=O)ccc21. The van der Waals surface area contributed by atoms with Crippen LogP contribution in [0.25, 0.3) is 11.0 Å². The van der Waals surface area contributed by atoms with Gasteiger partial charge in [0.15, 0.2) is 6.61 Å². The number of hydrogen-bond acceptors (Lipinski definition) is 6. The Labute approximate surface area is 132 Å². The third-order valence-electron chi connectivity index (χ3n) is 3.75. The minimum absolute atomic E-state index is 0.219. The van der Waals surface area contributed by atoms with Crippen LogP contribution in [0.1, 0.15) is 30.1 Å². The minimum Gasteiger partial charge on any atom is -0.452 e. The zero-order valence-corrected chi connectivity index (χ0v) is 12.7. The Hall–Kier alpha value is -2.77. The van der Waals surface area contributed by atoms with Crippen LogP contribution in [0.2, 0.25) is 0 Å². The van der Waals surface area contributed by atoms with Gasteiger partial charge in [0, 0.05) is 19.5 Å². The zero-order chi connectivity index (χ0) is 16.4. The van der Waals surface area contributed by atoms with Gasteiger partial charge in [-0.1, -0.05) is 5.21 Å². The van der Waals surface area contributed by atoms with Crippen LogP contribution in [0.3, 0.4) is 0 Å². The molecule has 0 radical (unpaired) electrons. The quantitative estimate of drug-likeness (QED) is 0.773. The fourth-order valence-corrected chi connectivity index (χ4v) is 2.53. The molecule has 0 saturated carbocycles. The van der Waals surface area contributed by atoms with Crippen molar-refractivity contribution in [2.24, 2.45) is 0 Å². The van der Waals surface area contributed by atoms with Gasteiger partial charge in [-0.25, -0.2) is 9.48 Å². The molecule has 8 heteroatoms. The summed E-state index contributed by atoms with van der Waals surface area (Å²) in [4.78, 5) is 36.5. The van der Waals surface area contributed by atoms with E-state index in [-0.39, 0.29) is 5.91 Å². The lowest BCUT2D eigenvalue weighted by molar-refractivity contribution is -0.143. The number of aryl methyl sites for hydroxylation is 1. The molecule has 2 heterocycles. The molecule has 1 aliphatic rings. The largest absolute Gasteiger partial charge is 0.452 e. The molecule has 0 aliphatic carbocycles. The molecule has 0 atom stereocenters. The lowest BCUT2D eigenvalue weighted by atomic mass is 10.2. The molecule has 1 fully saturated rings. The van der Waals surface area contributed by atoms with Crippen LogP contribution in [0, 0.1) is 0 Å². The molecule has 1 aromatic heterocycles. The highest BCUT2D eigenvalue weighted by Gasteiger charge is 2.27. The van der Waals surface area contributed by atoms with E-state index >= 15 is 0 Å². The number of imide groups is 1. The highest BCUT2D eigenvalue weighted by atomic mass is 16.5. The predicted molar refractivity (Wildman–Crippen MR) is 79.4 cm³/mol. The smallest absolute Gasteiger partial charge is 0.338 e. The second-order valence-electron chi connectivity index (χ2n) is 5.23. The third-order valence-corrected chi connectivity index (χ3v) is 3.75. The van der Waals surface area contributed by atoms with Crippen molar-refractivity contribution >= 4 is 28.8 Å². The van der Waals surface area contributed by atoms with Crippen LogP contribution in [-0.4, -0.2) is 50.8 Å². The van der Waals surface area contributed by atoms with Gasteiger partial charge >= 0.3 is 5.97 Å². The van der Waals surface area contributed by atoms with E-state index in [9.17, 15) is 14.4 Å². The van der Waals surface area contributed by atoms with E-state index < -0.39 is 18.5 Å². The molecule has 0 N–H and O–H groups in total. The first-order valence-corrected chi connectivity index (χ1v) is 7.43. The number of fused-ring (bicyclic) bond motifs is 1. The summed E-state index contributed by atoms with van der Waals surface area (Å²) in [6, 6.07) is 4.91. The monoisotopic (exact) mass is 316 g/mol. The maximum Gasteiger partial charge on any atom is 0.338 e. The summed E-state index contributed by atoms with van der Waals surface area (Å²) in [6.07, 6.45) is 1.02. The number of likely N-dealkylation sites (tertiary alicyclic amines) is 1. The van der Waals surface area contributed by atoms with Crippen LogP contribution >= 0.6 is 0 Å². The molecular formula is C15H16N4O4. The molecule has 1 aromatic carbocycles. The van der Waals surface area contributed by atoms with Crippen molar-refractivity contribution in [1.29, 1.82) is 0 Å². The summed E-state index contributed by atoms with van der Waals surface area (Å²) in [6.45, 7) is 2.58. The van der Waals surface area contributed by atoms with E-state index in [1.165, 1.54) is 0 Å². The van der Waals surface area contributed by atoms with E-state index in [1.807, 2.05) is 6.92 Å². The third kappa shape index (κ3) is 2.92. The summed E-state index contributed by atoms with van der Waals surface area (Å²) < 4.78 is 6.71. The predicted octanol–water partition coefficient (Wildman–Crippen LogP) is 0.757. The average molecular weight is 316 g/mol. The van der Waals surface area contributed by atoms with Crippen molar-refractivity contribution < 1.29 is 19.1 Å².